The molecular formula is C17H25N5O4. The molecule has 0 fully saturated rings. The number of nitrogens with zero attached hydrogens (tertiary/aromatic N) is 3. The van der Waals surface area contributed by atoms with E-state index in [4.69, 9.17) is 15.3 Å². The Hall–Kier alpha value is -2.81. The van der Waals surface area contributed by atoms with E-state index in [1.54, 1.807) is 6.07 Å². The molecule has 0 atom stereocenters. The van der Waals surface area contributed by atoms with E-state index in [0.29, 0.717) is 30.1 Å². The molecule has 2 aromatic rings. The highest BCUT2D eigenvalue weighted by molar-refractivity contribution is 5.93. The first kappa shape index (κ1) is 19.5. The van der Waals surface area contributed by atoms with Crippen molar-refractivity contribution in [2.24, 2.45) is 0 Å². The van der Waals surface area contributed by atoms with Crippen molar-refractivity contribution < 1.29 is 14.3 Å². The van der Waals surface area contributed by atoms with Crippen LogP contribution in [-0.2, 0) is 0 Å². The minimum absolute atomic E-state index is 0.158. The third-order valence-electron chi connectivity index (χ3n) is 4.22. The van der Waals surface area contributed by atoms with Crippen LogP contribution in [0, 0.1) is 0 Å². The second-order valence-corrected chi connectivity index (χ2v) is 5.62. The highest BCUT2D eigenvalue weighted by atomic mass is 16.5. The number of aromatic nitrogens is 2. The summed E-state index contributed by atoms with van der Waals surface area (Å²) in [5.74, 6) is 5.93. The highest BCUT2D eigenvalue weighted by Crippen LogP contribution is 2.29. The van der Waals surface area contributed by atoms with Gasteiger partial charge in [-0.25, -0.2) is 9.66 Å². The third kappa shape index (κ3) is 3.88. The van der Waals surface area contributed by atoms with Gasteiger partial charge in [0, 0.05) is 19.2 Å². The molecule has 0 aliphatic rings. The van der Waals surface area contributed by atoms with Crippen molar-refractivity contribution in [1.82, 2.24) is 19.9 Å². The first-order chi connectivity index (χ1) is 12.5. The number of benzene rings is 1. The quantitative estimate of drug-likeness (QED) is 0.644. The Labute approximate surface area is 151 Å². The number of carbonyl (C=O) groups is 1. The second kappa shape index (κ2) is 8.52. The average Bonchev–Trinajstić information content (AvgIpc) is 2.66. The zero-order valence-corrected chi connectivity index (χ0v) is 15.5. The van der Waals surface area contributed by atoms with Crippen LogP contribution in [0.2, 0.25) is 0 Å². The van der Waals surface area contributed by atoms with Crippen molar-refractivity contribution >= 4 is 16.8 Å². The molecule has 2 rings (SSSR count). The van der Waals surface area contributed by atoms with Gasteiger partial charge in [-0.15, -0.1) is 0 Å². The molecule has 1 amide bonds. The summed E-state index contributed by atoms with van der Waals surface area (Å²) in [5.41, 5.74) is -0.229. The van der Waals surface area contributed by atoms with Crippen LogP contribution < -0.4 is 26.2 Å². The monoisotopic (exact) mass is 363 g/mol. The number of nitrogens with two attached hydrogens (primary N) is 1. The molecule has 9 nitrogen and oxygen atoms in total. The summed E-state index contributed by atoms with van der Waals surface area (Å²) in [6.07, 6.45) is 0. The van der Waals surface area contributed by atoms with E-state index >= 15 is 0 Å². The van der Waals surface area contributed by atoms with E-state index in [2.05, 4.69) is 29.0 Å². The average molecular weight is 363 g/mol. The van der Waals surface area contributed by atoms with Gasteiger partial charge in [0.2, 0.25) is 5.82 Å². The molecular weight excluding hydrogens is 338 g/mol. The lowest BCUT2D eigenvalue weighted by atomic mass is 10.2. The first-order valence-corrected chi connectivity index (χ1v) is 8.41. The van der Waals surface area contributed by atoms with Gasteiger partial charge in [-0.3, -0.25) is 9.59 Å². The molecule has 0 unspecified atom stereocenters. The molecule has 142 valence electrons. The van der Waals surface area contributed by atoms with E-state index in [1.807, 2.05) is 0 Å². The number of nitrogens with one attached hydrogen (secondary N) is 1. The largest absolute Gasteiger partial charge is 0.493 e. The maximum absolute atomic E-state index is 12.5. The maximum atomic E-state index is 12.5. The van der Waals surface area contributed by atoms with Gasteiger partial charge in [0.15, 0.2) is 11.5 Å². The first-order valence-electron chi connectivity index (χ1n) is 8.41. The Morgan fingerprint density at radius 3 is 2.42 bits per heavy atom. The van der Waals surface area contributed by atoms with Crippen LogP contribution in [0.3, 0.4) is 0 Å². The molecule has 0 saturated heterocycles. The van der Waals surface area contributed by atoms with Crippen molar-refractivity contribution in [2.75, 3.05) is 46.2 Å². The number of nitrogen functional groups attached to an aromatic ring is 1. The van der Waals surface area contributed by atoms with Crippen LogP contribution in [0.1, 0.15) is 24.5 Å². The van der Waals surface area contributed by atoms with Gasteiger partial charge in [-0.05, 0) is 19.2 Å². The third-order valence-corrected chi connectivity index (χ3v) is 4.22. The summed E-state index contributed by atoms with van der Waals surface area (Å²) in [6, 6.07) is 3.04. The fourth-order valence-corrected chi connectivity index (χ4v) is 2.63. The van der Waals surface area contributed by atoms with E-state index in [0.717, 1.165) is 17.8 Å². The molecule has 0 radical (unpaired) electrons. The normalized spacial score (nSPS) is 11.0. The van der Waals surface area contributed by atoms with E-state index < -0.39 is 11.5 Å². The predicted octanol–water partition coefficient (Wildman–Crippen LogP) is 0.199. The fourth-order valence-electron chi connectivity index (χ4n) is 2.63. The Kier molecular flexibility index (Phi) is 6.40. The molecule has 1 aromatic heterocycles. The summed E-state index contributed by atoms with van der Waals surface area (Å²) in [5, 5.41) is 2.98. The van der Waals surface area contributed by atoms with Gasteiger partial charge in [-0.2, -0.15) is 0 Å². The Bertz CT molecular complexity index is 845. The zero-order valence-electron chi connectivity index (χ0n) is 15.5. The molecule has 0 spiro atoms. The standard InChI is InChI=1S/C17H25N5O4/c1-5-21(6-2)8-7-19-16(23)15-20-12-10-14(26-4)13(25-3)9-11(12)17(24)22(15)18/h9-10H,5-8,18H2,1-4H3,(H,19,23). The summed E-state index contributed by atoms with van der Waals surface area (Å²) in [7, 11) is 2.95. The van der Waals surface area contributed by atoms with Crippen LogP contribution >= 0.6 is 0 Å². The lowest BCUT2D eigenvalue weighted by Gasteiger charge is -2.18. The molecule has 9 heteroatoms. The number of ether oxygens (including phenoxy) is 2. The highest BCUT2D eigenvalue weighted by Gasteiger charge is 2.18. The van der Waals surface area contributed by atoms with Crippen molar-refractivity contribution in [3.63, 3.8) is 0 Å². The van der Waals surface area contributed by atoms with E-state index in [-0.39, 0.29) is 11.2 Å². The molecule has 0 bridgehead atoms. The fraction of sp³-hybridized carbons (Fsp3) is 0.471. The number of carbonyl (C=O) groups excluding carboxylic acids is 1. The Morgan fingerprint density at radius 2 is 1.85 bits per heavy atom. The number of amides is 1. The van der Waals surface area contributed by atoms with Crippen LogP contribution in [0.25, 0.3) is 10.9 Å². The number of likely N-dealkylation sites (N-methyl/N-ethyl adjacent to an activating group) is 1. The van der Waals surface area contributed by atoms with E-state index in [9.17, 15) is 9.59 Å². The van der Waals surface area contributed by atoms with Gasteiger partial charge in [0.25, 0.3) is 11.5 Å². The predicted molar refractivity (Wildman–Crippen MR) is 99.4 cm³/mol. The van der Waals surface area contributed by atoms with Gasteiger partial charge in [0.05, 0.1) is 25.1 Å². The summed E-state index contributed by atoms with van der Waals surface area (Å²) >= 11 is 0. The van der Waals surface area contributed by atoms with Gasteiger partial charge < -0.3 is 25.5 Å². The van der Waals surface area contributed by atoms with E-state index in [1.165, 1.54) is 20.3 Å². The SMILES string of the molecule is CCN(CC)CCNC(=O)c1nc2cc(OC)c(OC)cc2c(=O)n1N. The Morgan fingerprint density at radius 1 is 1.23 bits per heavy atom. The van der Waals surface area contributed by atoms with Gasteiger partial charge in [-0.1, -0.05) is 13.8 Å². The lowest BCUT2D eigenvalue weighted by Crippen LogP contribution is -2.40. The summed E-state index contributed by atoms with van der Waals surface area (Å²) < 4.78 is 11.2. The lowest BCUT2D eigenvalue weighted by molar-refractivity contribution is 0.0935. The summed E-state index contributed by atoms with van der Waals surface area (Å²) in [4.78, 5) is 31.3. The second-order valence-electron chi connectivity index (χ2n) is 5.62. The number of hydrogen-bond acceptors (Lipinski definition) is 7. The number of hydrogen-bond donors (Lipinski definition) is 2. The number of rotatable bonds is 8. The molecule has 3 N–H and O–H groups in total. The molecule has 1 heterocycles. The minimum atomic E-state index is -0.537. The summed E-state index contributed by atoms with van der Waals surface area (Å²) in [6.45, 7) is 7.02. The van der Waals surface area contributed by atoms with Crippen LogP contribution in [0.5, 0.6) is 11.5 Å². The zero-order chi connectivity index (χ0) is 19.3. The molecule has 26 heavy (non-hydrogen) atoms. The number of fused-ring (bicyclic) bond motifs is 1. The van der Waals surface area contributed by atoms with Crippen molar-refractivity contribution in [3.05, 3.63) is 28.3 Å². The van der Waals surface area contributed by atoms with Crippen LogP contribution in [-0.4, -0.2) is 60.9 Å². The Balaban J connectivity index is 2.34. The van der Waals surface area contributed by atoms with Gasteiger partial charge >= 0.3 is 0 Å². The smallest absolute Gasteiger partial charge is 0.289 e. The minimum Gasteiger partial charge on any atom is -0.493 e. The van der Waals surface area contributed by atoms with Crippen LogP contribution in [0.4, 0.5) is 0 Å². The molecule has 0 aliphatic heterocycles. The van der Waals surface area contributed by atoms with Crippen LogP contribution in [0.15, 0.2) is 16.9 Å². The molecule has 0 aliphatic carbocycles. The molecule has 0 saturated carbocycles. The van der Waals surface area contributed by atoms with Crippen molar-refractivity contribution in [3.8, 4) is 11.5 Å². The molecule has 1 aromatic carbocycles. The van der Waals surface area contributed by atoms with Crippen molar-refractivity contribution in [2.45, 2.75) is 13.8 Å². The maximum Gasteiger partial charge on any atom is 0.289 e. The topological polar surface area (TPSA) is 112 Å². The van der Waals surface area contributed by atoms with Crippen molar-refractivity contribution in [1.29, 1.82) is 0 Å². The van der Waals surface area contributed by atoms with Gasteiger partial charge in [0.1, 0.15) is 0 Å². The number of methoxy groups -OCH3 is 2.